The molecule has 0 aromatic carbocycles. The molecule has 74 valence electrons. The van der Waals surface area contributed by atoms with Crippen molar-refractivity contribution in [3.8, 4) is 6.07 Å². The number of rotatable bonds is 3. The van der Waals surface area contributed by atoms with Crippen molar-refractivity contribution in [1.29, 1.82) is 5.26 Å². The summed E-state index contributed by atoms with van der Waals surface area (Å²) in [4.78, 5) is 11.5. The molecule has 1 rings (SSSR count). The van der Waals surface area contributed by atoms with Crippen molar-refractivity contribution in [1.82, 2.24) is 0 Å². The number of hydrogen-bond acceptors (Lipinski definition) is 4. The van der Waals surface area contributed by atoms with E-state index in [1.165, 1.54) is 13.0 Å². The molecule has 0 aliphatic rings. The molecule has 0 aliphatic carbocycles. The van der Waals surface area contributed by atoms with Gasteiger partial charge in [0.25, 0.3) is 0 Å². The standard InChI is InChI=1S/C9H9NO2S2/c1-3-14(12)9-7(5-10)4-8(13-9)6(2)11/h4H,3H2,1-2H3. The number of hydrogen-bond donors (Lipinski definition) is 0. The molecule has 1 unspecified atom stereocenters. The summed E-state index contributed by atoms with van der Waals surface area (Å²) < 4.78 is 12.0. The third-order valence-corrected chi connectivity index (χ3v) is 4.63. The van der Waals surface area contributed by atoms with Crippen LogP contribution < -0.4 is 0 Å². The van der Waals surface area contributed by atoms with Gasteiger partial charge in [-0.05, 0) is 13.0 Å². The maximum atomic E-state index is 11.5. The summed E-state index contributed by atoms with van der Waals surface area (Å²) in [6, 6.07) is 3.46. The molecule has 0 radical (unpaired) electrons. The lowest BCUT2D eigenvalue weighted by atomic mass is 10.3. The summed E-state index contributed by atoms with van der Waals surface area (Å²) in [5.41, 5.74) is 0.361. The summed E-state index contributed by atoms with van der Waals surface area (Å²) >= 11 is 1.15. The molecule has 3 nitrogen and oxygen atoms in total. The van der Waals surface area contributed by atoms with Gasteiger partial charge in [-0.15, -0.1) is 11.3 Å². The van der Waals surface area contributed by atoms with Crippen LogP contribution in [0.3, 0.4) is 0 Å². The van der Waals surface area contributed by atoms with Gasteiger partial charge >= 0.3 is 0 Å². The maximum Gasteiger partial charge on any atom is 0.169 e. The van der Waals surface area contributed by atoms with Crippen molar-refractivity contribution in [2.24, 2.45) is 0 Å². The first kappa shape index (κ1) is 11.1. The third kappa shape index (κ3) is 2.08. The van der Waals surface area contributed by atoms with Gasteiger partial charge in [-0.2, -0.15) is 5.26 Å². The maximum absolute atomic E-state index is 11.5. The lowest BCUT2D eigenvalue weighted by Crippen LogP contribution is -1.92. The van der Waals surface area contributed by atoms with Gasteiger partial charge in [0.15, 0.2) is 5.78 Å². The molecule has 1 heterocycles. The highest BCUT2D eigenvalue weighted by Crippen LogP contribution is 2.25. The Morgan fingerprint density at radius 2 is 2.36 bits per heavy atom. The van der Waals surface area contributed by atoms with Gasteiger partial charge in [0.1, 0.15) is 10.3 Å². The molecule has 1 aromatic rings. The van der Waals surface area contributed by atoms with Crippen LogP contribution in [0.5, 0.6) is 0 Å². The van der Waals surface area contributed by atoms with Crippen LogP contribution in [0.2, 0.25) is 0 Å². The Labute approximate surface area is 88.8 Å². The summed E-state index contributed by atoms with van der Waals surface area (Å²) in [7, 11) is -1.15. The highest BCUT2D eigenvalue weighted by molar-refractivity contribution is 7.87. The molecular weight excluding hydrogens is 218 g/mol. The van der Waals surface area contributed by atoms with E-state index in [0.717, 1.165) is 11.3 Å². The third-order valence-electron chi connectivity index (χ3n) is 1.63. The van der Waals surface area contributed by atoms with Crippen molar-refractivity contribution < 1.29 is 9.00 Å². The fourth-order valence-electron chi connectivity index (χ4n) is 0.926. The Morgan fingerprint density at radius 1 is 1.71 bits per heavy atom. The van der Waals surface area contributed by atoms with Crippen molar-refractivity contribution in [3.05, 3.63) is 16.5 Å². The Kier molecular flexibility index (Phi) is 3.55. The van der Waals surface area contributed by atoms with E-state index in [1.54, 1.807) is 6.92 Å². The molecule has 0 amide bonds. The lowest BCUT2D eigenvalue weighted by Gasteiger charge is -1.92. The number of nitriles is 1. The summed E-state index contributed by atoms with van der Waals surface area (Å²) in [5.74, 6) is 0.373. The first-order valence-corrected chi connectivity index (χ1v) is 6.17. The van der Waals surface area contributed by atoms with Crippen LogP contribution in [-0.2, 0) is 10.8 Å². The predicted molar refractivity (Wildman–Crippen MR) is 56.0 cm³/mol. The quantitative estimate of drug-likeness (QED) is 0.741. The molecule has 5 heteroatoms. The number of carbonyl (C=O) groups excluding carboxylic acids is 1. The minimum atomic E-state index is -1.15. The van der Waals surface area contributed by atoms with Crippen LogP contribution >= 0.6 is 11.3 Å². The topological polar surface area (TPSA) is 57.9 Å². The highest BCUT2D eigenvalue weighted by Gasteiger charge is 2.15. The number of Topliss-reactive ketones (excluding diaryl/α,β-unsaturated/α-hetero) is 1. The van der Waals surface area contributed by atoms with Gasteiger partial charge in [-0.3, -0.25) is 9.00 Å². The van der Waals surface area contributed by atoms with Crippen LogP contribution in [-0.4, -0.2) is 15.7 Å². The minimum absolute atomic E-state index is 0.0918. The SMILES string of the molecule is CCS(=O)c1sc(C(C)=O)cc1C#N. The zero-order valence-electron chi connectivity index (χ0n) is 7.86. The van der Waals surface area contributed by atoms with E-state index in [4.69, 9.17) is 5.26 Å². The Morgan fingerprint density at radius 3 is 2.79 bits per heavy atom. The van der Waals surface area contributed by atoms with E-state index in [1.807, 2.05) is 6.07 Å². The molecule has 0 fully saturated rings. The van der Waals surface area contributed by atoms with Gasteiger partial charge in [0.2, 0.25) is 0 Å². The second-order valence-corrected chi connectivity index (χ2v) is 5.60. The second kappa shape index (κ2) is 4.49. The second-order valence-electron chi connectivity index (χ2n) is 2.61. The van der Waals surface area contributed by atoms with Crippen molar-refractivity contribution in [2.75, 3.05) is 5.75 Å². The number of thiophene rings is 1. The first-order chi connectivity index (χ1) is 6.60. The van der Waals surface area contributed by atoms with Gasteiger partial charge in [0.05, 0.1) is 21.2 Å². The van der Waals surface area contributed by atoms with Gasteiger partial charge in [0, 0.05) is 5.75 Å². The predicted octanol–water partition coefficient (Wildman–Crippen LogP) is 1.95. The Balaban J connectivity index is 3.23. The average molecular weight is 227 g/mol. The van der Waals surface area contributed by atoms with E-state index in [9.17, 15) is 9.00 Å². The average Bonchev–Trinajstić information content (AvgIpc) is 2.60. The van der Waals surface area contributed by atoms with E-state index >= 15 is 0 Å². The summed E-state index contributed by atoms with van der Waals surface area (Å²) in [6.07, 6.45) is 0. The zero-order chi connectivity index (χ0) is 10.7. The van der Waals surface area contributed by atoms with E-state index in [0.29, 0.717) is 20.4 Å². The van der Waals surface area contributed by atoms with Crippen LogP contribution in [0.25, 0.3) is 0 Å². The molecule has 1 aromatic heterocycles. The molecule has 0 bridgehead atoms. The van der Waals surface area contributed by atoms with E-state index in [2.05, 4.69) is 0 Å². The Hall–Kier alpha value is -0.990. The van der Waals surface area contributed by atoms with Crippen LogP contribution in [0.4, 0.5) is 0 Å². The molecular formula is C9H9NO2S2. The molecule has 0 spiro atoms. The molecule has 0 saturated carbocycles. The number of ketones is 1. The molecule has 0 saturated heterocycles. The van der Waals surface area contributed by atoms with Crippen molar-refractivity contribution >= 4 is 27.9 Å². The van der Waals surface area contributed by atoms with E-state index < -0.39 is 10.8 Å². The molecule has 14 heavy (non-hydrogen) atoms. The van der Waals surface area contributed by atoms with Crippen molar-refractivity contribution in [3.63, 3.8) is 0 Å². The summed E-state index contributed by atoms with van der Waals surface area (Å²) in [6.45, 7) is 3.22. The monoisotopic (exact) mass is 227 g/mol. The highest BCUT2D eigenvalue weighted by atomic mass is 32.2. The van der Waals surface area contributed by atoms with Crippen LogP contribution in [0.15, 0.2) is 10.3 Å². The van der Waals surface area contributed by atoms with E-state index in [-0.39, 0.29) is 5.78 Å². The molecule has 0 N–H and O–H groups in total. The minimum Gasteiger partial charge on any atom is -0.294 e. The normalized spacial score (nSPS) is 12.1. The smallest absolute Gasteiger partial charge is 0.169 e. The van der Waals surface area contributed by atoms with Crippen LogP contribution in [0, 0.1) is 11.3 Å². The Bertz CT molecular complexity index is 429. The first-order valence-electron chi connectivity index (χ1n) is 4.03. The zero-order valence-corrected chi connectivity index (χ0v) is 9.50. The van der Waals surface area contributed by atoms with Crippen molar-refractivity contribution in [2.45, 2.75) is 18.1 Å². The summed E-state index contributed by atoms with van der Waals surface area (Å²) in [5, 5.41) is 8.77. The van der Waals surface area contributed by atoms with Gasteiger partial charge in [-0.1, -0.05) is 6.92 Å². The van der Waals surface area contributed by atoms with Gasteiger partial charge < -0.3 is 0 Å². The lowest BCUT2D eigenvalue weighted by molar-refractivity contribution is 0.102. The fraction of sp³-hybridized carbons (Fsp3) is 0.333. The van der Waals surface area contributed by atoms with Crippen LogP contribution in [0.1, 0.15) is 29.1 Å². The van der Waals surface area contributed by atoms with Gasteiger partial charge in [-0.25, -0.2) is 0 Å². The molecule has 1 atom stereocenters. The fourth-order valence-corrected chi connectivity index (χ4v) is 3.27. The number of carbonyl (C=O) groups is 1. The molecule has 0 aliphatic heterocycles. The number of nitrogens with zero attached hydrogens (tertiary/aromatic N) is 1. The largest absolute Gasteiger partial charge is 0.294 e.